The van der Waals surface area contributed by atoms with Crippen LogP contribution in [0.15, 0.2) is 12.2 Å². The molecule has 0 saturated carbocycles. The van der Waals surface area contributed by atoms with Gasteiger partial charge in [0, 0.05) is 0 Å². The van der Waals surface area contributed by atoms with Crippen molar-refractivity contribution >= 4 is 0 Å². The fourth-order valence-corrected chi connectivity index (χ4v) is 2.00. The molecule has 20 heavy (non-hydrogen) atoms. The van der Waals surface area contributed by atoms with Crippen LogP contribution in [-0.2, 0) is 4.74 Å². The average Bonchev–Trinajstić information content (AvgIpc) is 2.30. The highest BCUT2D eigenvalue weighted by molar-refractivity contribution is 4.84. The first-order chi connectivity index (χ1) is 9.27. The van der Waals surface area contributed by atoms with Gasteiger partial charge in [0.2, 0.25) is 0 Å². The van der Waals surface area contributed by atoms with Crippen LogP contribution in [0.1, 0.15) is 86.0 Å². The maximum atomic E-state index is 9.66. The van der Waals surface area contributed by atoms with Gasteiger partial charge in [0.1, 0.15) is 0 Å². The van der Waals surface area contributed by atoms with Gasteiger partial charge in [-0.3, -0.25) is 0 Å². The quantitative estimate of drug-likeness (QED) is 0.392. The van der Waals surface area contributed by atoms with Crippen molar-refractivity contribution in [2.45, 2.75) is 97.2 Å². The lowest BCUT2D eigenvalue weighted by molar-refractivity contribution is -0.0493. The third-order valence-electron chi connectivity index (χ3n) is 3.51. The normalized spacial score (nSPS) is 13.3. The van der Waals surface area contributed by atoms with E-state index in [2.05, 4.69) is 32.9 Å². The van der Waals surface area contributed by atoms with Gasteiger partial charge in [-0.25, -0.2) is 0 Å². The zero-order valence-corrected chi connectivity index (χ0v) is 14.4. The van der Waals surface area contributed by atoms with Crippen LogP contribution in [0.25, 0.3) is 0 Å². The molecule has 2 nitrogen and oxygen atoms in total. The Morgan fingerprint density at radius 3 is 2.15 bits per heavy atom. The monoisotopic (exact) mass is 284 g/mol. The minimum atomic E-state index is -0.630. The van der Waals surface area contributed by atoms with Crippen LogP contribution in [0.2, 0.25) is 0 Å². The maximum Gasteiger partial charge on any atom is 0.0629 e. The van der Waals surface area contributed by atoms with Gasteiger partial charge < -0.3 is 9.84 Å². The topological polar surface area (TPSA) is 29.5 Å². The largest absolute Gasteiger partial charge is 0.390 e. The van der Waals surface area contributed by atoms with Gasteiger partial charge in [0.15, 0.2) is 0 Å². The Kier molecular flexibility index (Phi) is 10.2. The van der Waals surface area contributed by atoms with Crippen LogP contribution in [0.5, 0.6) is 0 Å². The van der Waals surface area contributed by atoms with Gasteiger partial charge in [-0.2, -0.15) is 0 Å². The summed E-state index contributed by atoms with van der Waals surface area (Å²) in [6.45, 7) is 10.8. The lowest BCUT2D eigenvalue weighted by atomic mass is 10.0. The van der Waals surface area contributed by atoms with Gasteiger partial charge in [0.05, 0.1) is 17.8 Å². The lowest BCUT2D eigenvalue weighted by Gasteiger charge is -2.27. The fraction of sp³-hybridized carbons (Fsp3) is 0.889. The first-order valence-electron chi connectivity index (χ1n) is 8.28. The molecule has 0 radical (unpaired) electrons. The van der Waals surface area contributed by atoms with Gasteiger partial charge in [-0.05, 0) is 59.8 Å². The predicted molar refractivity (Wildman–Crippen MR) is 88.1 cm³/mol. The molecule has 0 fully saturated rings. The number of ether oxygens (including phenoxy) is 1. The molecule has 0 spiro atoms. The van der Waals surface area contributed by atoms with Crippen molar-refractivity contribution in [1.29, 1.82) is 0 Å². The predicted octanol–water partition coefficient (Wildman–Crippen LogP) is 5.25. The zero-order chi connectivity index (χ0) is 15.5. The summed E-state index contributed by atoms with van der Waals surface area (Å²) in [6, 6.07) is 0. The van der Waals surface area contributed by atoms with Crippen molar-refractivity contribution < 1.29 is 9.84 Å². The zero-order valence-electron chi connectivity index (χ0n) is 14.4. The van der Waals surface area contributed by atoms with Crippen LogP contribution in [0.4, 0.5) is 0 Å². The second kappa shape index (κ2) is 10.4. The van der Waals surface area contributed by atoms with Crippen LogP contribution < -0.4 is 0 Å². The first-order valence-corrected chi connectivity index (χ1v) is 8.28. The molecule has 0 heterocycles. The summed E-state index contributed by atoms with van der Waals surface area (Å²) < 4.78 is 5.87. The summed E-state index contributed by atoms with van der Waals surface area (Å²) in [6.07, 6.45) is 13.9. The minimum Gasteiger partial charge on any atom is -0.390 e. The number of unbranched alkanes of at least 4 members (excludes halogenated alkanes) is 4. The van der Waals surface area contributed by atoms with E-state index in [0.29, 0.717) is 13.0 Å². The molecule has 0 amide bonds. The Morgan fingerprint density at radius 1 is 0.900 bits per heavy atom. The van der Waals surface area contributed by atoms with Crippen LogP contribution >= 0.6 is 0 Å². The summed E-state index contributed by atoms with van der Waals surface area (Å²) in [5, 5.41) is 9.66. The minimum absolute atomic E-state index is 0.0994. The number of hydrogen-bond donors (Lipinski definition) is 1. The van der Waals surface area contributed by atoms with E-state index in [1.807, 2.05) is 13.8 Å². The van der Waals surface area contributed by atoms with Crippen molar-refractivity contribution in [2.24, 2.45) is 0 Å². The van der Waals surface area contributed by atoms with E-state index in [1.165, 1.54) is 32.1 Å². The molecule has 0 saturated heterocycles. The van der Waals surface area contributed by atoms with E-state index in [0.717, 1.165) is 12.8 Å². The van der Waals surface area contributed by atoms with E-state index in [4.69, 9.17) is 4.74 Å². The van der Waals surface area contributed by atoms with E-state index >= 15 is 0 Å². The van der Waals surface area contributed by atoms with Gasteiger partial charge in [-0.1, -0.05) is 38.3 Å². The molecular formula is C18H36O2. The molecular weight excluding hydrogens is 248 g/mol. The van der Waals surface area contributed by atoms with Crippen molar-refractivity contribution in [1.82, 2.24) is 0 Å². The Labute approximate surface area is 126 Å². The van der Waals surface area contributed by atoms with E-state index in [9.17, 15) is 5.11 Å². The maximum absolute atomic E-state index is 9.66. The number of rotatable bonds is 12. The summed E-state index contributed by atoms with van der Waals surface area (Å²) in [5.41, 5.74) is -0.730. The Hall–Kier alpha value is -0.340. The molecule has 2 heteroatoms. The van der Waals surface area contributed by atoms with Crippen LogP contribution in [0, 0.1) is 0 Å². The molecule has 0 aliphatic heterocycles. The van der Waals surface area contributed by atoms with Gasteiger partial charge in [0.25, 0.3) is 0 Å². The van der Waals surface area contributed by atoms with Gasteiger partial charge in [-0.15, -0.1) is 0 Å². The average molecular weight is 284 g/mol. The number of aliphatic hydroxyl groups is 1. The summed E-state index contributed by atoms with van der Waals surface area (Å²) >= 11 is 0. The molecule has 0 aliphatic carbocycles. The van der Waals surface area contributed by atoms with Gasteiger partial charge >= 0.3 is 0 Å². The van der Waals surface area contributed by atoms with Crippen LogP contribution in [0.3, 0.4) is 0 Å². The number of hydrogen-bond acceptors (Lipinski definition) is 2. The fourth-order valence-electron chi connectivity index (χ4n) is 2.00. The summed E-state index contributed by atoms with van der Waals surface area (Å²) in [4.78, 5) is 0. The molecule has 0 atom stereocenters. The summed E-state index contributed by atoms with van der Waals surface area (Å²) in [5.74, 6) is 0. The van der Waals surface area contributed by atoms with Crippen molar-refractivity contribution in [3.8, 4) is 0 Å². The second-order valence-corrected chi connectivity index (χ2v) is 7.03. The Bertz CT molecular complexity index is 249. The van der Waals surface area contributed by atoms with Crippen molar-refractivity contribution in [2.75, 3.05) is 6.61 Å². The van der Waals surface area contributed by atoms with E-state index in [1.54, 1.807) is 0 Å². The highest BCUT2D eigenvalue weighted by Gasteiger charge is 2.19. The Morgan fingerprint density at radius 2 is 1.55 bits per heavy atom. The third-order valence-corrected chi connectivity index (χ3v) is 3.51. The molecule has 0 aliphatic rings. The molecule has 1 N–H and O–H groups in total. The standard InChI is InChI=1S/C18H36O2/c1-6-7-8-9-10-11-12-13-14-18(4,5)20-16-15-17(2,3)19/h11-12,19H,6-10,13-16H2,1-5H3/b12-11+. The lowest BCUT2D eigenvalue weighted by Crippen LogP contribution is -2.28. The highest BCUT2D eigenvalue weighted by atomic mass is 16.5. The van der Waals surface area contributed by atoms with Crippen molar-refractivity contribution in [3.63, 3.8) is 0 Å². The van der Waals surface area contributed by atoms with E-state index in [-0.39, 0.29) is 5.60 Å². The van der Waals surface area contributed by atoms with E-state index < -0.39 is 5.60 Å². The molecule has 0 aromatic carbocycles. The first kappa shape index (κ1) is 19.7. The molecule has 0 bridgehead atoms. The molecule has 0 unspecified atom stereocenters. The number of allylic oxidation sites excluding steroid dienone is 2. The molecule has 0 rings (SSSR count). The molecule has 0 aromatic heterocycles. The second-order valence-electron chi connectivity index (χ2n) is 7.03. The smallest absolute Gasteiger partial charge is 0.0629 e. The highest BCUT2D eigenvalue weighted by Crippen LogP contribution is 2.19. The third kappa shape index (κ3) is 14.1. The molecule has 0 aromatic rings. The summed E-state index contributed by atoms with van der Waals surface area (Å²) in [7, 11) is 0. The SMILES string of the molecule is CCCCCC/C=C/CCC(C)(C)OCCC(C)(C)O. The Balaban J connectivity index is 3.63. The van der Waals surface area contributed by atoms with Crippen LogP contribution in [-0.4, -0.2) is 22.9 Å². The van der Waals surface area contributed by atoms with Crippen molar-refractivity contribution in [3.05, 3.63) is 12.2 Å². The molecule has 120 valence electrons.